The van der Waals surface area contributed by atoms with E-state index in [1.807, 2.05) is 5.32 Å². The van der Waals surface area contributed by atoms with Gasteiger partial charge in [-0.2, -0.15) is 0 Å². The van der Waals surface area contributed by atoms with Crippen LogP contribution in [0.5, 0.6) is 0 Å². The molecule has 0 saturated heterocycles. The largest absolute Gasteiger partial charge is 0.481 e. The van der Waals surface area contributed by atoms with Gasteiger partial charge in [0.25, 0.3) is 0 Å². The van der Waals surface area contributed by atoms with Gasteiger partial charge >= 0.3 is 24.0 Å². The summed E-state index contributed by atoms with van der Waals surface area (Å²) in [7, 11) is 0. The summed E-state index contributed by atoms with van der Waals surface area (Å²) in [6.07, 6.45) is -0.718. The van der Waals surface area contributed by atoms with Gasteiger partial charge in [0.1, 0.15) is 6.04 Å². The lowest BCUT2D eigenvalue weighted by molar-refractivity contribution is -0.140. The first-order valence-electron chi connectivity index (χ1n) is 4.14. The number of carbonyl (C=O) groups is 4. The molecule has 0 saturated carbocycles. The fourth-order valence-electron chi connectivity index (χ4n) is 0.831. The summed E-state index contributed by atoms with van der Waals surface area (Å²) in [5, 5.41) is 20.4. The molecule has 0 aliphatic rings. The SMILES string of the molecule is NC(=O)NC(=O)N[C@H](CCC(=O)O)C(=O)O. The molecular formula is C7H11N3O6. The van der Waals surface area contributed by atoms with Crippen LogP contribution in [0, 0.1) is 0 Å². The van der Waals surface area contributed by atoms with Crippen molar-refractivity contribution in [1.82, 2.24) is 10.6 Å². The van der Waals surface area contributed by atoms with Crippen molar-refractivity contribution in [2.75, 3.05) is 0 Å². The minimum absolute atomic E-state index is 0.295. The number of hydrogen-bond acceptors (Lipinski definition) is 4. The summed E-state index contributed by atoms with van der Waals surface area (Å²) in [5.41, 5.74) is 4.61. The Hall–Kier alpha value is -2.32. The van der Waals surface area contributed by atoms with Gasteiger partial charge in [-0.25, -0.2) is 14.4 Å². The predicted molar refractivity (Wildman–Crippen MR) is 49.5 cm³/mol. The standard InChI is InChI=1S/C7H11N3O6/c8-6(15)10-7(16)9-3(5(13)14)1-2-4(11)12/h3H,1-2H2,(H,11,12)(H,13,14)(H4,8,9,10,15,16)/t3-/m1/s1. The maximum Gasteiger partial charge on any atom is 0.326 e. The summed E-state index contributed by atoms with van der Waals surface area (Å²) < 4.78 is 0. The molecule has 9 nitrogen and oxygen atoms in total. The zero-order valence-corrected chi connectivity index (χ0v) is 8.10. The Morgan fingerprint density at radius 1 is 1.19 bits per heavy atom. The molecule has 9 heteroatoms. The Kier molecular flexibility index (Phi) is 5.32. The molecule has 0 unspecified atom stereocenters. The fraction of sp³-hybridized carbons (Fsp3) is 0.429. The summed E-state index contributed by atoms with van der Waals surface area (Å²) >= 11 is 0. The zero-order chi connectivity index (χ0) is 12.7. The number of amides is 4. The number of rotatable bonds is 5. The number of nitrogens with one attached hydrogen (secondary N) is 2. The highest BCUT2D eigenvalue weighted by molar-refractivity contribution is 5.94. The van der Waals surface area contributed by atoms with Gasteiger partial charge in [-0.3, -0.25) is 10.1 Å². The van der Waals surface area contributed by atoms with Crippen LogP contribution in [0.4, 0.5) is 9.59 Å². The molecule has 0 bridgehead atoms. The quantitative estimate of drug-likeness (QED) is 0.396. The monoisotopic (exact) mass is 233 g/mol. The number of aliphatic carboxylic acids is 2. The number of carboxylic acids is 2. The first-order chi connectivity index (χ1) is 7.32. The molecule has 0 fully saturated rings. The molecule has 1 atom stereocenters. The third kappa shape index (κ3) is 6.18. The van der Waals surface area contributed by atoms with Gasteiger partial charge in [0, 0.05) is 6.42 Å². The third-order valence-electron chi connectivity index (χ3n) is 1.49. The first kappa shape index (κ1) is 13.7. The van der Waals surface area contributed by atoms with E-state index < -0.39 is 36.5 Å². The Morgan fingerprint density at radius 3 is 2.12 bits per heavy atom. The van der Waals surface area contributed by atoms with Gasteiger partial charge in [0.2, 0.25) is 0 Å². The van der Waals surface area contributed by atoms with E-state index in [9.17, 15) is 19.2 Å². The third-order valence-corrected chi connectivity index (χ3v) is 1.49. The molecule has 0 aliphatic heterocycles. The maximum absolute atomic E-state index is 10.9. The van der Waals surface area contributed by atoms with E-state index in [1.54, 1.807) is 5.32 Å². The first-order valence-corrected chi connectivity index (χ1v) is 4.14. The smallest absolute Gasteiger partial charge is 0.326 e. The van der Waals surface area contributed by atoms with Crippen LogP contribution in [0.3, 0.4) is 0 Å². The van der Waals surface area contributed by atoms with Crippen molar-refractivity contribution in [2.45, 2.75) is 18.9 Å². The average molecular weight is 233 g/mol. The minimum Gasteiger partial charge on any atom is -0.481 e. The summed E-state index contributed by atoms with van der Waals surface area (Å²) in [4.78, 5) is 41.9. The predicted octanol–water partition coefficient (Wildman–Crippen LogP) is -1.32. The molecule has 0 aromatic carbocycles. The lowest BCUT2D eigenvalue weighted by Gasteiger charge is -2.12. The molecule has 0 radical (unpaired) electrons. The van der Waals surface area contributed by atoms with E-state index in [1.165, 1.54) is 0 Å². The van der Waals surface area contributed by atoms with Crippen LogP contribution in [-0.4, -0.2) is 40.3 Å². The average Bonchev–Trinajstić information content (AvgIpc) is 2.09. The molecule has 90 valence electrons. The molecule has 0 aromatic heterocycles. The zero-order valence-electron chi connectivity index (χ0n) is 8.10. The van der Waals surface area contributed by atoms with E-state index >= 15 is 0 Å². The molecule has 4 amide bonds. The van der Waals surface area contributed by atoms with E-state index in [2.05, 4.69) is 5.73 Å². The lowest BCUT2D eigenvalue weighted by Crippen LogP contribution is -2.49. The summed E-state index contributed by atoms with van der Waals surface area (Å²) in [6, 6.07) is -3.62. The van der Waals surface area contributed by atoms with Crippen molar-refractivity contribution < 1.29 is 29.4 Å². The van der Waals surface area contributed by atoms with Crippen molar-refractivity contribution in [2.24, 2.45) is 5.73 Å². The summed E-state index contributed by atoms with van der Waals surface area (Å²) in [6.45, 7) is 0. The Balaban J connectivity index is 4.22. The molecule has 0 aromatic rings. The number of hydrogen-bond donors (Lipinski definition) is 5. The van der Waals surface area contributed by atoms with Crippen LogP contribution < -0.4 is 16.4 Å². The van der Waals surface area contributed by atoms with Crippen LogP contribution in [0.1, 0.15) is 12.8 Å². The number of imide groups is 1. The van der Waals surface area contributed by atoms with Crippen molar-refractivity contribution in [3.05, 3.63) is 0 Å². The van der Waals surface area contributed by atoms with Crippen molar-refractivity contribution in [3.63, 3.8) is 0 Å². The Morgan fingerprint density at radius 2 is 1.75 bits per heavy atom. The van der Waals surface area contributed by atoms with Gasteiger partial charge in [-0.1, -0.05) is 0 Å². The Bertz CT molecular complexity index is 315. The highest BCUT2D eigenvalue weighted by Gasteiger charge is 2.21. The number of carbonyl (C=O) groups excluding carboxylic acids is 2. The fourth-order valence-corrected chi connectivity index (χ4v) is 0.831. The van der Waals surface area contributed by atoms with Crippen LogP contribution in [-0.2, 0) is 9.59 Å². The van der Waals surface area contributed by atoms with E-state index in [0.29, 0.717) is 0 Å². The van der Waals surface area contributed by atoms with Gasteiger partial charge < -0.3 is 21.3 Å². The van der Waals surface area contributed by atoms with Gasteiger partial charge in [0.05, 0.1) is 0 Å². The highest BCUT2D eigenvalue weighted by Crippen LogP contribution is 1.97. The number of nitrogens with two attached hydrogens (primary N) is 1. The van der Waals surface area contributed by atoms with Crippen LogP contribution >= 0.6 is 0 Å². The van der Waals surface area contributed by atoms with E-state index in [-0.39, 0.29) is 6.42 Å². The van der Waals surface area contributed by atoms with Crippen LogP contribution in [0.25, 0.3) is 0 Å². The molecule has 0 heterocycles. The molecule has 6 N–H and O–H groups in total. The van der Waals surface area contributed by atoms with E-state index in [4.69, 9.17) is 10.2 Å². The van der Waals surface area contributed by atoms with Crippen molar-refractivity contribution >= 4 is 24.0 Å². The highest BCUT2D eigenvalue weighted by atomic mass is 16.4. The van der Waals surface area contributed by atoms with E-state index in [0.717, 1.165) is 0 Å². The van der Waals surface area contributed by atoms with Crippen LogP contribution in [0.2, 0.25) is 0 Å². The summed E-state index contributed by atoms with van der Waals surface area (Å²) in [5.74, 6) is -2.59. The second kappa shape index (κ2) is 6.22. The number of urea groups is 2. The molecule has 0 spiro atoms. The van der Waals surface area contributed by atoms with Gasteiger partial charge in [-0.05, 0) is 6.42 Å². The molecule has 0 aliphatic carbocycles. The van der Waals surface area contributed by atoms with Crippen molar-refractivity contribution in [1.29, 1.82) is 0 Å². The molecular weight excluding hydrogens is 222 g/mol. The van der Waals surface area contributed by atoms with Crippen LogP contribution in [0.15, 0.2) is 0 Å². The van der Waals surface area contributed by atoms with Gasteiger partial charge in [0.15, 0.2) is 0 Å². The Labute approximate surface area is 89.6 Å². The molecule has 0 rings (SSSR count). The normalized spacial score (nSPS) is 11.2. The van der Waals surface area contributed by atoms with Crippen molar-refractivity contribution in [3.8, 4) is 0 Å². The topological polar surface area (TPSA) is 159 Å². The maximum atomic E-state index is 10.9. The number of carboxylic acid groups (broad SMARTS) is 2. The lowest BCUT2D eigenvalue weighted by atomic mass is 10.1. The number of primary amides is 1. The molecule has 16 heavy (non-hydrogen) atoms. The van der Waals surface area contributed by atoms with Gasteiger partial charge in [-0.15, -0.1) is 0 Å². The minimum atomic E-state index is -1.40. The second-order valence-electron chi connectivity index (χ2n) is 2.79. The second-order valence-corrected chi connectivity index (χ2v) is 2.79.